The normalized spacial score (nSPS) is 10.7. The first-order chi connectivity index (χ1) is 16.6. The molecule has 0 spiro atoms. The van der Waals surface area contributed by atoms with Crippen molar-refractivity contribution in [3.05, 3.63) is 115 Å². The van der Waals surface area contributed by atoms with E-state index in [0.29, 0.717) is 0 Å². The van der Waals surface area contributed by atoms with E-state index in [0.717, 1.165) is 24.3 Å². The van der Waals surface area contributed by atoms with E-state index in [9.17, 15) is 29.0 Å². The van der Waals surface area contributed by atoms with E-state index >= 15 is 0 Å². The van der Waals surface area contributed by atoms with Gasteiger partial charge in [0.1, 0.15) is 23.1 Å². The number of hydrogen-bond acceptors (Lipinski definition) is 5. The predicted octanol–water partition coefficient (Wildman–Crippen LogP) is 8.21. The van der Waals surface area contributed by atoms with Crippen molar-refractivity contribution < 1.29 is 23.4 Å². The smallest absolute Gasteiger partial charge is 0.270 e. The Hall–Kier alpha value is -4.08. The molecule has 0 aliphatic heterocycles. The van der Waals surface area contributed by atoms with E-state index in [1.54, 1.807) is 0 Å². The molecule has 4 aromatic rings. The van der Waals surface area contributed by atoms with E-state index in [1.807, 2.05) is 0 Å². The number of non-ortho nitro benzene ring substituents is 2. The van der Waals surface area contributed by atoms with Crippen molar-refractivity contribution in [3.63, 3.8) is 0 Å². The molecule has 0 amide bonds. The molecule has 0 aromatic heterocycles. The minimum atomic E-state index is -0.671. The molecule has 4 aromatic carbocycles. The molecule has 0 bridgehead atoms. The summed E-state index contributed by atoms with van der Waals surface area (Å²) in [5, 5.41) is 22.8. The monoisotopic (exact) mass is 516 g/mol. The Bertz CT molecular complexity index is 1350. The van der Waals surface area contributed by atoms with Crippen LogP contribution in [-0.4, -0.2) is 9.85 Å². The lowest BCUT2D eigenvalue weighted by Gasteiger charge is -2.15. The predicted molar refractivity (Wildman–Crippen MR) is 127 cm³/mol. The number of ether oxygens (including phenoxy) is 1. The van der Waals surface area contributed by atoms with Crippen molar-refractivity contribution in [2.75, 3.05) is 0 Å². The van der Waals surface area contributed by atoms with Gasteiger partial charge in [-0.1, -0.05) is 23.2 Å². The van der Waals surface area contributed by atoms with Gasteiger partial charge in [0.2, 0.25) is 0 Å². The highest BCUT2D eigenvalue weighted by Crippen LogP contribution is 2.42. The number of halogens is 4. The van der Waals surface area contributed by atoms with Crippen LogP contribution in [0.1, 0.15) is 0 Å². The Kier molecular flexibility index (Phi) is 6.63. The van der Waals surface area contributed by atoms with Gasteiger partial charge in [0, 0.05) is 45.4 Å². The molecule has 0 aliphatic rings. The molecule has 0 saturated carbocycles. The van der Waals surface area contributed by atoms with E-state index in [1.165, 1.54) is 48.5 Å². The van der Waals surface area contributed by atoms with E-state index in [2.05, 4.69) is 0 Å². The zero-order valence-electron chi connectivity index (χ0n) is 17.4. The summed E-state index contributed by atoms with van der Waals surface area (Å²) in [7, 11) is 0. The standard InChI is InChI=1S/C24H12Cl2F2N2O5/c25-15-5-13(7-17(27)9-15)21-11-19(29(31)32)1-3-23(21)35-24-4-2-20(30(33)34)12-22(24)14-6-16(26)10-18(28)8-14/h1-12H. The molecule has 7 nitrogen and oxygen atoms in total. The molecule has 0 heterocycles. The number of nitro benzene ring substituents is 2. The molecule has 0 saturated heterocycles. The summed E-state index contributed by atoms with van der Waals surface area (Å²) in [6.07, 6.45) is 0. The topological polar surface area (TPSA) is 95.5 Å². The Balaban J connectivity index is 1.90. The highest BCUT2D eigenvalue weighted by atomic mass is 35.5. The van der Waals surface area contributed by atoms with Gasteiger partial charge >= 0.3 is 0 Å². The summed E-state index contributed by atoms with van der Waals surface area (Å²) in [6.45, 7) is 0. The molecule has 0 atom stereocenters. The van der Waals surface area contributed by atoms with Crippen LogP contribution in [-0.2, 0) is 0 Å². The quantitative estimate of drug-likeness (QED) is 0.190. The lowest BCUT2D eigenvalue weighted by atomic mass is 10.0. The number of hydrogen-bond donors (Lipinski definition) is 0. The minimum Gasteiger partial charge on any atom is -0.456 e. The van der Waals surface area contributed by atoms with Gasteiger partial charge in [-0.2, -0.15) is 0 Å². The SMILES string of the molecule is O=[N+]([O-])c1ccc(Oc2ccc([N+](=O)[O-])cc2-c2cc(F)cc(Cl)c2)c(-c2cc(F)cc(Cl)c2)c1. The first kappa shape index (κ1) is 24.1. The fraction of sp³-hybridized carbons (Fsp3) is 0. The van der Waals surface area contributed by atoms with Gasteiger partial charge in [0.05, 0.1) is 9.85 Å². The molecular weight excluding hydrogens is 505 g/mol. The van der Waals surface area contributed by atoms with Crippen LogP contribution in [0.15, 0.2) is 72.8 Å². The lowest BCUT2D eigenvalue weighted by Crippen LogP contribution is -1.96. The average molecular weight is 517 g/mol. The van der Waals surface area contributed by atoms with Crippen LogP contribution < -0.4 is 4.74 Å². The Morgan fingerprint density at radius 1 is 0.629 bits per heavy atom. The molecule has 0 fully saturated rings. The summed E-state index contributed by atoms with van der Waals surface area (Å²) in [5.74, 6) is -1.21. The molecule has 0 aliphatic carbocycles. The van der Waals surface area contributed by atoms with Gasteiger partial charge in [0.15, 0.2) is 0 Å². The summed E-state index contributed by atoms with van der Waals surface area (Å²) in [4.78, 5) is 21.4. The first-order valence-corrected chi connectivity index (χ1v) is 10.5. The molecule has 35 heavy (non-hydrogen) atoms. The van der Waals surface area contributed by atoms with Crippen molar-refractivity contribution >= 4 is 34.6 Å². The second-order valence-electron chi connectivity index (χ2n) is 7.29. The number of benzene rings is 4. The van der Waals surface area contributed by atoms with Crippen molar-refractivity contribution in [1.82, 2.24) is 0 Å². The Morgan fingerprint density at radius 3 is 1.37 bits per heavy atom. The van der Waals surface area contributed by atoms with Crippen molar-refractivity contribution in [1.29, 1.82) is 0 Å². The summed E-state index contributed by atoms with van der Waals surface area (Å²) in [5.41, 5.74) is 0.114. The van der Waals surface area contributed by atoms with Crippen LogP contribution in [0.4, 0.5) is 20.2 Å². The summed E-state index contributed by atoms with van der Waals surface area (Å²) in [6, 6.07) is 14.5. The maximum Gasteiger partial charge on any atom is 0.270 e. The van der Waals surface area contributed by atoms with Crippen molar-refractivity contribution in [2.24, 2.45) is 0 Å². The van der Waals surface area contributed by atoms with Crippen LogP contribution >= 0.6 is 23.2 Å². The molecular formula is C24H12Cl2F2N2O5. The van der Waals surface area contributed by atoms with Crippen molar-refractivity contribution in [3.8, 4) is 33.8 Å². The lowest BCUT2D eigenvalue weighted by molar-refractivity contribution is -0.385. The second kappa shape index (κ2) is 9.65. The molecule has 0 unspecified atom stereocenters. The fourth-order valence-corrected chi connectivity index (χ4v) is 3.87. The minimum absolute atomic E-state index is 0.0582. The summed E-state index contributed by atoms with van der Waals surface area (Å²) >= 11 is 11.9. The largest absolute Gasteiger partial charge is 0.456 e. The van der Waals surface area contributed by atoms with Gasteiger partial charge in [-0.15, -0.1) is 0 Å². The number of nitrogens with zero attached hydrogens (tertiary/aromatic N) is 2. The molecule has 0 radical (unpaired) electrons. The maximum atomic E-state index is 14.0. The summed E-state index contributed by atoms with van der Waals surface area (Å²) < 4.78 is 34.1. The van der Waals surface area contributed by atoms with Gasteiger partial charge < -0.3 is 4.74 Å². The van der Waals surface area contributed by atoms with Crippen LogP contribution in [0.3, 0.4) is 0 Å². The third-order valence-electron chi connectivity index (χ3n) is 4.91. The Labute approximate surface area is 206 Å². The van der Waals surface area contributed by atoms with Crippen molar-refractivity contribution in [2.45, 2.75) is 0 Å². The number of rotatable bonds is 6. The zero-order valence-corrected chi connectivity index (χ0v) is 18.9. The fourth-order valence-electron chi connectivity index (χ4n) is 3.43. The first-order valence-electron chi connectivity index (χ1n) is 9.78. The van der Waals surface area contributed by atoms with Gasteiger partial charge in [-0.3, -0.25) is 20.2 Å². The molecule has 0 N–H and O–H groups in total. The molecule has 11 heteroatoms. The van der Waals surface area contributed by atoms with Crippen LogP contribution in [0.25, 0.3) is 22.3 Å². The Morgan fingerprint density at radius 2 is 1.03 bits per heavy atom. The third kappa shape index (κ3) is 5.37. The van der Waals surface area contributed by atoms with Crippen LogP contribution in [0, 0.1) is 31.9 Å². The number of nitro groups is 2. The maximum absolute atomic E-state index is 14.0. The van der Waals surface area contributed by atoms with E-state index in [4.69, 9.17) is 27.9 Å². The highest BCUT2D eigenvalue weighted by Gasteiger charge is 2.19. The second-order valence-corrected chi connectivity index (χ2v) is 8.17. The van der Waals surface area contributed by atoms with Gasteiger partial charge in [-0.05, 0) is 59.7 Å². The average Bonchev–Trinajstić information content (AvgIpc) is 2.78. The van der Waals surface area contributed by atoms with E-state index < -0.39 is 21.5 Å². The third-order valence-corrected chi connectivity index (χ3v) is 5.35. The zero-order chi connectivity index (χ0) is 25.3. The van der Waals surface area contributed by atoms with Gasteiger partial charge in [0.25, 0.3) is 11.4 Å². The highest BCUT2D eigenvalue weighted by molar-refractivity contribution is 6.31. The van der Waals surface area contributed by atoms with Crippen LogP contribution in [0.5, 0.6) is 11.5 Å². The van der Waals surface area contributed by atoms with Gasteiger partial charge in [-0.25, -0.2) is 8.78 Å². The molecule has 4 rings (SSSR count). The van der Waals surface area contributed by atoms with E-state index in [-0.39, 0.29) is 55.2 Å². The van der Waals surface area contributed by atoms with Crippen LogP contribution in [0.2, 0.25) is 10.0 Å². The molecule has 176 valence electrons.